The van der Waals surface area contributed by atoms with Crippen LogP contribution >= 0.6 is 0 Å². The van der Waals surface area contributed by atoms with Gasteiger partial charge >= 0.3 is 0 Å². The smallest absolute Gasteiger partial charge is 0.227 e. The molecule has 1 aliphatic carbocycles. The highest BCUT2D eigenvalue weighted by Gasteiger charge is 2.22. The van der Waals surface area contributed by atoms with Crippen LogP contribution in [0.2, 0.25) is 0 Å². The molecule has 1 heterocycles. The van der Waals surface area contributed by atoms with Gasteiger partial charge in [0.2, 0.25) is 5.91 Å². The van der Waals surface area contributed by atoms with Crippen molar-refractivity contribution in [2.45, 2.75) is 19.0 Å². The number of aromatic amines is 1. The van der Waals surface area contributed by atoms with Crippen LogP contribution < -0.4 is 11.1 Å². The molecule has 5 nitrogen and oxygen atoms in total. The third-order valence-electron chi connectivity index (χ3n) is 2.46. The summed E-state index contributed by atoms with van der Waals surface area (Å²) in [6, 6.07) is 0.0212. The van der Waals surface area contributed by atoms with Gasteiger partial charge in [-0.3, -0.25) is 4.79 Å². The zero-order valence-corrected chi connectivity index (χ0v) is 8.31. The lowest BCUT2D eigenvalue weighted by Gasteiger charge is -2.09. The highest BCUT2D eigenvalue weighted by molar-refractivity contribution is 5.80. The normalized spacial score (nSPS) is 24.3. The molecule has 2 rings (SSSR count). The van der Waals surface area contributed by atoms with Crippen molar-refractivity contribution < 1.29 is 4.79 Å². The Bertz CT molecular complexity index is 358. The Kier molecular flexibility index (Phi) is 2.82. The van der Waals surface area contributed by atoms with Gasteiger partial charge in [-0.1, -0.05) is 12.2 Å². The van der Waals surface area contributed by atoms with Gasteiger partial charge in [-0.05, 0) is 6.42 Å². The molecule has 4 N–H and O–H groups in total. The van der Waals surface area contributed by atoms with Crippen LogP contribution in [0.3, 0.4) is 0 Å². The molecule has 0 radical (unpaired) electrons. The Balaban J connectivity index is 1.81. The van der Waals surface area contributed by atoms with E-state index >= 15 is 0 Å². The lowest BCUT2D eigenvalue weighted by molar-refractivity contribution is -0.123. The fourth-order valence-corrected chi connectivity index (χ4v) is 1.62. The van der Waals surface area contributed by atoms with E-state index in [1.54, 1.807) is 12.5 Å². The summed E-state index contributed by atoms with van der Waals surface area (Å²) in [6.07, 6.45) is 7.73. The van der Waals surface area contributed by atoms with E-state index < -0.39 is 0 Å². The van der Waals surface area contributed by atoms with Crippen molar-refractivity contribution in [1.29, 1.82) is 0 Å². The molecule has 1 aliphatic rings. The van der Waals surface area contributed by atoms with Crippen LogP contribution in [0.25, 0.3) is 0 Å². The zero-order chi connectivity index (χ0) is 10.7. The highest BCUT2D eigenvalue weighted by atomic mass is 16.1. The molecule has 0 saturated carbocycles. The quantitative estimate of drug-likeness (QED) is 0.605. The Morgan fingerprint density at radius 1 is 1.67 bits per heavy atom. The van der Waals surface area contributed by atoms with Crippen molar-refractivity contribution in [3.8, 4) is 0 Å². The average molecular weight is 206 g/mol. The summed E-state index contributed by atoms with van der Waals surface area (Å²) in [5.74, 6) is -0.0586. The Morgan fingerprint density at radius 2 is 2.53 bits per heavy atom. The van der Waals surface area contributed by atoms with Gasteiger partial charge in [-0.2, -0.15) is 0 Å². The molecule has 1 amide bonds. The van der Waals surface area contributed by atoms with Crippen LogP contribution in [0.1, 0.15) is 12.1 Å². The number of carbonyl (C=O) groups is 1. The fourth-order valence-electron chi connectivity index (χ4n) is 1.62. The number of nitrogens with zero attached hydrogens (tertiary/aromatic N) is 1. The van der Waals surface area contributed by atoms with E-state index in [0.717, 1.165) is 5.69 Å². The van der Waals surface area contributed by atoms with Crippen LogP contribution in [0.5, 0.6) is 0 Å². The molecule has 1 aromatic heterocycles. The first kappa shape index (κ1) is 9.92. The van der Waals surface area contributed by atoms with Gasteiger partial charge < -0.3 is 16.0 Å². The SMILES string of the molecule is NC1C=CC(C(=O)NCc2cnc[nH]2)C1. The van der Waals surface area contributed by atoms with E-state index in [1.807, 2.05) is 12.2 Å². The lowest BCUT2D eigenvalue weighted by atomic mass is 10.1. The number of rotatable bonds is 3. The number of amides is 1. The summed E-state index contributed by atoms with van der Waals surface area (Å²) in [7, 11) is 0. The molecule has 80 valence electrons. The van der Waals surface area contributed by atoms with Crippen LogP contribution in [0.15, 0.2) is 24.7 Å². The van der Waals surface area contributed by atoms with Crippen molar-refractivity contribution in [3.63, 3.8) is 0 Å². The first-order valence-corrected chi connectivity index (χ1v) is 4.94. The minimum atomic E-state index is -0.0806. The van der Waals surface area contributed by atoms with E-state index in [4.69, 9.17) is 5.73 Å². The van der Waals surface area contributed by atoms with E-state index in [-0.39, 0.29) is 17.9 Å². The van der Waals surface area contributed by atoms with Gasteiger partial charge in [0.05, 0.1) is 24.5 Å². The predicted molar refractivity (Wildman–Crippen MR) is 55.7 cm³/mol. The third-order valence-corrected chi connectivity index (χ3v) is 2.46. The van der Waals surface area contributed by atoms with Gasteiger partial charge in [0.25, 0.3) is 0 Å². The molecule has 0 fully saturated rings. The predicted octanol–water partition coefficient (Wildman–Crippen LogP) is -0.0707. The first-order valence-electron chi connectivity index (χ1n) is 4.94. The second kappa shape index (κ2) is 4.27. The lowest BCUT2D eigenvalue weighted by Crippen LogP contribution is -2.30. The van der Waals surface area contributed by atoms with Gasteiger partial charge in [-0.25, -0.2) is 4.98 Å². The summed E-state index contributed by atoms with van der Waals surface area (Å²) in [5, 5.41) is 2.83. The highest BCUT2D eigenvalue weighted by Crippen LogP contribution is 2.16. The monoisotopic (exact) mass is 206 g/mol. The second-order valence-corrected chi connectivity index (χ2v) is 3.69. The molecule has 0 bridgehead atoms. The fraction of sp³-hybridized carbons (Fsp3) is 0.400. The number of nitrogens with one attached hydrogen (secondary N) is 2. The summed E-state index contributed by atoms with van der Waals surface area (Å²) in [4.78, 5) is 18.4. The van der Waals surface area contributed by atoms with Crippen molar-refractivity contribution >= 4 is 5.91 Å². The van der Waals surface area contributed by atoms with Crippen molar-refractivity contribution in [2.24, 2.45) is 11.7 Å². The maximum atomic E-state index is 11.6. The van der Waals surface area contributed by atoms with E-state index in [0.29, 0.717) is 13.0 Å². The average Bonchev–Trinajstić information content (AvgIpc) is 2.84. The number of aromatic nitrogens is 2. The van der Waals surface area contributed by atoms with Gasteiger partial charge in [0.1, 0.15) is 0 Å². The summed E-state index contributed by atoms with van der Waals surface area (Å²) in [5.41, 5.74) is 6.57. The largest absolute Gasteiger partial charge is 0.350 e. The van der Waals surface area contributed by atoms with Crippen molar-refractivity contribution in [2.75, 3.05) is 0 Å². The van der Waals surface area contributed by atoms with E-state index in [1.165, 1.54) is 0 Å². The van der Waals surface area contributed by atoms with Crippen molar-refractivity contribution in [3.05, 3.63) is 30.4 Å². The first-order chi connectivity index (χ1) is 7.25. The Morgan fingerprint density at radius 3 is 3.13 bits per heavy atom. The van der Waals surface area contributed by atoms with E-state index in [9.17, 15) is 4.79 Å². The van der Waals surface area contributed by atoms with Crippen LogP contribution in [-0.2, 0) is 11.3 Å². The van der Waals surface area contributed by atoms with Gasteiger partial charge in [-0.15, -0.1) is 0 Å². The van der Waals surface area contributed by atoms with Crippen molar-refractivity contribution in [1.82, 2.24) is 15.3 Å². The molecular weight excluding hydrogens is 192 g/mol. The molecular formula is C10H14N4O. The summed E-state index contributed by atoms with van der Waals surface area (Å²) < 4.78 is 0. The number of hydrogen-bond acceptors (Lipinski definition) is 3. The molecule has 5 heteroatoms. The maximum Gasteiger partial charge on any atom is 0.227 e. The van der Waals surface area contributed by atoms with Gasteiger partial charge in [0, 0.05) is 12.2 Å². The molecule has 1 aromatic rings. The number of nitrogens with two attached hydrogens (primary N) is 1. The summed E-state index contributed by atoms with van der Waals surface area (Å²) >= 11 is 0. The minimum absolute atomic E-state index is 0.0212. The van der Waals surface area contributed by atoms with Crippen LogP contribution in [0.4, 0.5) is 0 Å². The Hall–Kier alpha value is -1.62. The second-order valence-electron chi connectivity index (χ2n) is 3.69. The molecule has 0 saturated heterocycles. The molecule has 2 atom stereocenters. The molecule has 0 aliphatic heterocycles. The molecule has 15 heavy (non-hydrogen) atoms. The Labute approximate surface area is 87.8 Å². The zero-order valence-electron chi connectivity index (χ0n) is 8.31. The number of H-pyrrole nitrogens is 1. The van der Waals surface area contributed by atoms with Gasteiger partial charge in [0.15, 0.2) is 0 Å². The molecule has 0 aromatic carbocycles. The molecule has 2 unspecified atom stereocenters. The maximum absolute atomic E-state index is 11.6. The topological polar surface area (TPSA) is 83.8 Å². The molecule has 0 spiro atoms. The van der Waals surface area contributed by atoms with E-state index in [2.05, 4.69) is 15.3 Å². The third kappa shape index (κ3) is 2.44. The number of hydrogen-bond donors (Lipinski definition) is 3. The van der Waals surface area contributed by atoms with Crippen LogP contribution in [-0.4, -0.2) is 21.9 Å². The number of imidazole rings is 1. The number of carbonyl (C=O) groups excluding carboxylic acids is 1. The summed E-state index contributed by atoms with van der Waals surface area (Å²) in [6.45, 7) is 0.485. The van der Waals surface area contributed by atoms with Crippen LogP contribution in [0, 0.1) is 5.92 Å². The standard InChI is InChI=1S/C10H14N4O/c11-8-2-1-7(3-8)10(15)13-5-9-4-12-6-14-9/h1-2,4,6-8H,3,5,11H2,(H,12,14)(H,13,15). The minimum Gasteiger partial charge on any atom is -0.350 e.